The van der Waals surface area contributed by atoms with E-state index in [9.17, 15) is 4.57 Å². The third-order valence-corrected chi connectivity index (χ3v) is 2.39. The fourth-order valence-electron chi connectivity index (χ4n) is 0.694. The number of hydrogen-bond acceptors (Lipinski definition) is 3. The predicted octanol–water partition coefficient (Wildman–Crippen LogP) is 2.47. The molecular formula is C7H8ClO4P. The van der Waals surface area contributed by atoms with Crippen LogP contribution in [0.1, 0.15) is 0 Å². The SMILES string of the molecule is COP(=O)(O)Oc1cccc(Cl)c1. The predicted molar refractivity (Wildman–Crippen MR) is 48.9 cm³/mol. The van der Waals surface area contributed by atoms with Gasteiger partial charge in [-0.25, -0.2) is 4.57 Å². The van der Waals surface area contributed by atoms with E-state index in [-0.39, 0.29) is 5.75 Å². The van der Waals surface area contributed by atoms with Gasteiger partial charge in [0.2, 0.25) is 0 Å². The van der Waals surface area contributed by atoms with Crippen molar-refractivity contribution in [2.24, 2.45) is 0 Å². The van der Waals surface area contributed by atoms with Crippen molar-refractivity contribution in [3.05, 3.63) is 29.3 Å². The molecule has 0 aliphatic carbocycles. The van der Waals surface area contributed by atoms with Gasteiger partial charge in [0.25, 0.3) is 0 Å². The monoisotopic (exact) mass is 222 g/mol. The van der Waals surface area contributed by atoms with Crippen LogP contribution in [0, 0.1) is 0 Å². The van der Waals surface area contributed by atoms with E-state index in [1.54, 1.807) is 12.1 Å². The van der Waals surface area contributed by atoms with Crippen LogP contribution in [0.5, 0.6) is 5.75 Å². The van der Waals surface area contributed by atoms with Gasteiger partial charge in [0.05, 0.1) is 0 Å². The Labute approximate surface area is 80.7 Å². The summed E-state index contributed by atoms with van der Waals surface area (Å²) in [5.74, 6) is 0.195. The van der Waals surface area contributed by atoms with Gasteiger partial charge >= 0.3 is 7.82 Å². The molecule has 0 aliphatic rings. The fourth-order valence-corrected chi connectivity index (χ4v) is 1.33. The van der Waals surface area contributed by atoms with E-state index in [4.69, 9.17) is 16.5 Å². The highest BCUT2D eigenvalue weighted by atomic mass is 35.5. The van der Waals surface area contributed by atoms with Gasteiger partial charge in [-0.3, -0.25) is 9.42 Å². The van der Waals surface area contributed by atoms with Gasteiger partial charge < -0.3 is 4.52 Å². The lowest BCUT2D eigenvalue weighted by Crippen LogP contribution is -1.93. The summed E-state index contributed by atoms with van der Waals surface area (Å²) in [6.45, 7) is 0. The summed E-state index contributed by atoms with van der Waals surface area (Å²) >= 11 is 5.62. The first-order chi connectivity index (χ1) is 6.03. The van der Waals surface area contributed by atoms with Crippen LogP contribution in [0.2, 0.25) is 5.02 Å². The van der Waals surface area contributed by atoms with Crippen LogP contribution in [0.4, 0.5) is 0 Å². The Morgan fingerprint density at radius 3 is 2.77 bits per heavy atom. The molecule has 6 heteroatoms. The van der Waals surface area contributed by atoms with Crippen LogP contribution in [-0.2, 0) is 9.09 Å². The summed E-state index contributed by atoms with van der Waals surface area (Å²) in [4.78, 5) is 8.94. The maximum Gasteiger partial charge on any atom is 0.527 e. The van der Waals surface area contributed by atoms with Crippen LogP contribution in [0.15, 0.2) is 24.3 Å². The lowest BCUT2D eigenvalue weighted by Gasteiger charge is -2.09. The average molecular weight is 223 g/mol. The highest BCUT2D eigenvalue weighted by molar-refractivity contribution is 7.47. The van der Waals surface area contributed by atoms with Crippen molar-refractivity contribution in [1.29, 1.82) is 0 Å². The van der Waals surface area contributed by atoms with E-state index in [1.165, 1.54) is 12.1 Å². The Morgan fingerprint density at radius 2 is 2.23 bits per heavy atom. The zero-order valence-electron chi connectivity index (χ0n) is 6.81. The molecule has 1 rings (SSSR count). The number of phosphoric acid groups is 1. The minimum absolute atomic E-state index is 0.195. The molecule has 0 saturated heterocycles. The summed E-state index contributed by atoms with van der Waals surface area (Å²) in [7, 11) is -2.89. The van der Waals surface area contributed by atoms with Crippen LogP contribution >= 0.6 is 19.4 Å². The van der Waals surface area contributed by atoms with Gasteiger partial charge in [-0.1, -0.05) is 17.7 Å². The zero-order valence-corrected chi connectivity index (χ0v) is 8.46. The van der Waals surface area contributed by atoms with Gasteiger partial charge in [0, 0.05) is 12.1 Å². The molecular weight excluding hydrogens is 214 g/mol. The molecule has 0 saturated carbocycles. The van der Waals surface area contributed by atoms with Crippen molar-refractivity contribution in [1.82, 2.24) is 0 Å². The number of benzene rings is 1. The molecule has 0 aromatic heterocycles. The zero-order chi connectivity index (χ0) is 9.90. The van der Waals surface area contributed by atoms with Crippen LogP contribution < -0.4 is 4.52 Å². The van der Waals surface area contributed by atoms with Crippen LogP contribution in [0.25, 0.3) is 0 Å². The minimum atomic E-state index is -3.97. The normalized spacial score (nSPS) is 15.0. The van der Waals surface area contributed by atoms with Crippen molar-refractivity contribution in [2.45, 2.75) is 0 Å². The van der Waals surface area contributed by atoms with Crippen molar-refractivity contribution < 1.29 is 18.5 Å². The highest BCUT2D eigenvalue weighted by Crippen LogP contribution is 2.42. The van der Waals surface area contributed by atoms with E-state index in [0.29, 0.717) is 5.02 Å². The Morgan fingerprint density at radius 1 is 1.54 bits per heavy atom. The molecule has 0 fully saturated rings. The number of hydrogen-bond donors (Lipinski definition) is 1. The van der Waals surface area contributed by atoms with E-state index in [2.05, 4.69) is 9.05 Å². The molecule has 13 heavy (non-hydrogen) atoms. The van der Waals surface area contributed by atoms with E-state index in [0.717, 1.165) is 7.11 Å². The molecule has 4 nitrogen and oxygen atoms in total. The number of phosphoric ester groups is 1. The fraction of sp³-hybridized carbons (Fsp3) is 0.143. The lowest BCUT2D eigenvalue weighted by atomic mass is 10.3. The molecule has 0 heterocycles. The second kappa shape index (κ2) is 4.11. The van der Waals surface area contributed by atoms with Crippen LogP contribution in [-0.4, -0.2) is 12.0 Å². The van der Waals surface area contributed by atoms with Gasteiger partial charge in [-0.15, -0.1) is 0 Å². The minimum Gasteiger partial charge on any atom is -0.404 e. The van der Waals surface area contributed by atoms with Gasteiger partial charge in [0.1, 0.15) is 5.75 Å². The maximum absolute atomic E-state index is 10.9. The molecule has 1 N–H and O–H groups in total. The quantitative estimate of drug-likeness (QED) is 0.799. The first-order valence-corrected chi connectivity index (χ1v) is 5.24. The molecule has 72 valence electrons. The summed E-state index contributed by atoms with van der Waals surface area (Å²) in [6.07, 6.45) is 0. The average Bonchev–Trinajstić information content (AvgIpc) is 2.03. The summed E-state index contributed by atoms with van der Waals surface area (Å²) in [5.41, 5.74) is 0. The van der Waals surface area contributed by atoms with Crippen molar-refractivity contribution in [3.8, 4) is 5.75 Å². The summed E-state index contributed by atoms with van der Waals surface area (Å²) in [5, 5.41) is 0.425. The van der Waals surface area contributed by atoms with Gasteiger partial charge in [-0.2, -0.15) is 0 Å². The van der Waals surface area contributed by atoms with Crippen molar-refractivity contribution in [2.75, 3.05) is 7.11 Å². The number of halogens is 1. The largest absolute Gasteiger partial charge is 0.527 e. The Bertz CT molecular complexity index is 341. The van der Waals surface area contributed by atoms with Crippen molar-refractivity contribution in [3.63, 3.8) is 0 Å². The van der Waals surface area contributed by atoms with Gasteiger partial charge in [0.15, 0.2) is 0 Å². The Balaban J connectivity index is 2.81. The molecule has 1 aromatic rings. The lowest BCUT2D eigenvalue weighted by molar-refractivity contribution is 0.243. The standard InChI is InChI=1S/C7H8ClO4P/c1-11-13(9,10)12-7-4-2-3-6(8)5-7/h2-5H,1H3,(H,9,10). The van der Waals surface area contributed by atoms with Crippen molar-refractivity contribution >= 4 is 19.4 Å². The highest BCUT2D eigenvalue weighted by Gasteiger charge is 2.19. The topological polar surface area (TPSA) is 55.8 Å². The van der Waals surface area contributed by atoms with Crippen LogP contribution in [0.3, 0.4) is 0 Å². The maximum atomic E-state index is 10.9. The Hall–Kier alpha value is -0.540. The van der Waals surface area contributed by atoms with E-state index >= 15 is 0 Å². The van der Waals surface area contributed by atoms with Gasteiger partial charge in [-0.05, 0) is 18.2 Å². The molecule has 0 radical (unpaired) electrons. The molecule has 1 atom stereocenters. The molecule has 0 amide bonds. The molecule has 0 spiro atoms. The third-order valence-electron chi connectivity index (χ3n) is 1.25. The summed E-state index contributed by atoms with van der Waals surface area (Å²) < 4.78 is 19.8. The molecule has 1 aromatic carbocycles. The van der Waals surface area contributed by atoms with E-state index < -0.39 is 7.82 Å². The number of rotatable bonds is 3. The molecule has 0 aliphatic heterocycles. The first-order valence-electron chi connectivity index (χ1n) is 3.37. The molecule has 1 unspecified atom stereocenters. The van der Waals surface area contributed by atoms with E-state index in [1.807, 2.05) is 0 Å². The second-order valence-electron chi connectivity index (χ2n) is 2.20. The Kier molecular flexibility index (Phi) is 3.33. The molecule has 0 bridgehead atoms. The third kappa shape index (κ3) is 3.36. The smallest absolute Gasteiger partial charge is 0.404 e. The first kappa shape index (κ1) is 10.5. The summed E-state index contributed by atoms with van der Waals surface area (Å²) in [6, 6.07) is 6.16. The second-order valence-corrected chi connectivity index (χ2v) is 4.12.